The second-order valence-electron chi connectivity index (χ2n) is 8.14. The largest absolute Gasteiger partial charge is 0.505 e. The van der Waals surface area contributed by atoms with Gasteiger partial charge < -0.3 is 10.4 Å². The second kappa shape index (κ2) is 15.2. The number of amides is 1. The third-order valence-corrected chi connectivity index (χ3v) is 7.96. The van der Waals surface area contributed by atoms with E-state index in [2.05, 4.69) is 34.3 Å². The number of phenolic OH excluding ortho intramolecular Hbond substituents is 1. The Labute approximate surface area is 251 Å². The van der Waals surface area contributed by atoms with Gasteiger partial charge in [0.1, 0.15) is 16.3 Å². The number of benzene rings is 3. The maximum atomic E-state index is 12.1. The molecule has 0 saturated heterocycles. The fraction of sp³-hybridized carbons (Fsp3) is 0.190. The van der Waals surface area contributed by atoms with Crippen molar-refractivity contribution >= 4 is 78.3 Å². The monoisotopic (exact) mass is 683 g/mol. The molecule has 6 N–H and O–H groups in total. The number of nitrogens with one attached hydrogen (secondary N) is 1. The van der Waals surface area contributed by atoms with Crippen molar-refractivity contribution in [3.63, 3.8) is 0 Å². The van der Waals surface area contributed by atoms with Crippen LogP contribution < -0.4 is 5.32 Å². The number of rotatable bonds is 15. The van der Waals surface area contributed by atoms with E-state index in [0.717, 1.165) is 25.1 Å². The first-order valence-electron chi connectivity index (χ1n) is 11.3. The summed E-state index contributed by atoms with van der Waals surface area (Å²) in [6.45, 7) is 1.22. The molecule has 3 aromatic carbocycles. The van der Waals surface area contributed by atoms with Crippen molar-refractivity contribution < 1.29 is 69.3 Å². The lowest BCUT2D eigenvalue weighted by Crippen LogP contribution is -2.08. The maximum Gasteiger partial charge on any atom is 0.296 e. The molecule has 43 heavy (non-hydrogen) atoms. The normalized spacial score (nSPS) is 12.3. The average Bonchev–Trinajstić information content (AvgIpc) is 2.92. The van der Waals surface area contributed by atoms with Crippen molar-refractivity contribution in [2.45, 2.75) is 34.5 Å². The molecule has 0 aliphatic rings. The number of carbonyl (C=O) groups excluding carboxylic acids is 1. The van der Waals surface area contributed by atoms with E-state index in [0.29, 0.717) is 24.3 Å². The zero-order chi connectivity index (χ0) is 31.8. The molecule has 0 aromatic heterocycles. The Balaban J connectivity index is 2.11. The quantitative estimate of drug-likeness (QED) is 0.0314. The Morgan fingerprint density at radius 2 is 1.70 bits per heavy atom. The molecule has 0 saturated carbocycles. The maximum absolute atomic E-state index is 12.1. The molecule has 0 bridgehead atoms. The van der Waals surface area contributed by atoms with Crippen molar-refractivity contribution in [3.8, 4) is 5.75 Å². The zero-order valence-electron chi connectivity index (χ0n) is 21.4. The highest BCUT2D eigenvalue weighted by Crippen LogP contribution is 2.47. The summed E-state index contributed by atoms with van der Waals surface area (Å²) in [5.74, 6) is -1.38. The van der Waals surface area contributed by atoms with E-state index < -0.39 is 47.4 Å². The summed E-state index contributed by atoms with van der Waals surface area (Å²) in [7, 11) is -9.61. The Morgan fingerprint density at radius 1 is 0.977 bits per heavy atom. The van der Waals surface area contributed by atoms with E-state index in [1.54, 1.807) is 0 Å². The molecule has 0 spiro atoms. The van der Waals surface area contributed by atoms with E-state index >= 15 is 0 Å². The summed E-state index contributed by atoms with van der Waals surface area (Å²) in [6.07, 6.45) is 0.644. The van der Waals surface area contributed by atoms with Gasteiger partial charge in [-0.3, -0.25) is 18.1 Å². The SMILES string of the molecule is CC(=O)Nc1cc(S(=O)(=O)O)cc2cc(SOOO)c(/N=N/c3ccc(CCCOSOOO)cc3S(=O)(=O)O)c(O)c12. The number of aryl methyl sites for hydroxylation is 1. The van der Waals surface area contributed by atoms with E-state index in [1.807, 2.05) is 0 Å². The lowest BCUT2D eigenvalue weighted by atomic mass is 10.1. The third-order valence-electron chi connectivity index (χ3n) is 5.25. The van der Waals surface area contributed by atoms with Crippen molar-refractivity contribution in [2.75, 3.05) is 11.9 Å². The Bertz CT molecular complexity index is 1730. The summed E-state index contributed by atoms with van der Waals surface area (Å²) >= 11 is 0.644. The van der Waals surface area contributed by atoms with Crippen LogP contribution in [-0.2, 0) is 54.4 Å². The van der Waals surface area contributed by atoms with Gasteiger partial charge in [-0.25, -0.2) is 10.5 Å². The van der Waals surface area contributed by atoms with E-state index in [1.165, 1.54) is 18.2 Å². The van der Waals surface area contributed by atoms with Crippen molar-refractivity contribution in [2.24, 2.45) is 10.2 Å². The lowest BCUT2D eigenvalue weighted by molar-refractivity contribution is -0.434. The highest BCUT2D eigenvalue weighted by atomic mass is 32.2. The van der Waals surface area contributed by atoms with Gasteiger partial charge in [0, 0.05) is 12.3 Å². The summed E-state index contributed by atoms with van der Waals surface area (Å²) < 4.78 is 80.6. The molecule has 3 rings (SSSR count). The topological polar surface area (TPSA) is 269 Å². The van der Waals surface area contributed by atoms with Gasteiger partial charge in [0.2, 0.25) is 5.91 Å². The molecule has 0 aliphatic heterocycles. The zero-order valence-corrected chi connectivity index (χ0v) is 24.7. The van der Waals surface area contributed by atoms with Crippen LogP contribution in [0, 0.1) is 0 Å². The molecule has 18 nitrogen and oxygen atoms in total. The fourth-order valence-electron chi connectivity index (χ4n) is 3.62. The molecule has 0 atom stereocenters. The van der Waals surface area contributed by atoms with Crippen LogP contribution in [0.25, 0.3) is 10.8 Å². The summed E-state index contributed by atoms with van der Waals surface area (Å²) in [5, 5.41) is 44.6. The van der Waals surface area contributed by atoms with Crippen LogP contribution in [0.1, 0.15) is 18.9 Å². The lowest BCUT2D eigenvalue weighted by Gasteiger charge is -2.14. The predicted octanol–water partition coefficient (Wildman–Crippen LogP) is 4.77. The van der Waals surface area contributed by atoms with Crippen LogP contribution in [0.2, 0.25) is 0 Å². The second-order valence-corrected chi connectivity index (χ2v) is 12.2. The minimum Gasteiger partial charge on any atom is -0.505 e. The van der Waals surface area contributed by atoms with Crippen molar-refractivity contribution in [1.29, 1.82) is 0 Å². The van der Waals surface area contributed by atoms with Crippen LogP contribution >= 0.6 is 24.4 Å². The minimum absolute atomic E-state index is 0.0554. The third kappa shape index (κ3) is 9.51. The Hall–Kier alpha value is -2.97. The summed E-state index contributed by atoms with van der Waals surface area (Å²) in [5.41, 5.74) is -0.574. The minimum atomic E-state index is -4.84. The molecule has 234 valence electrons. The van der Waals surface area contributed by atoms with Crippen LogP contribution in [-0.4, -0.2) is 54.1 Å². The molecule has 0 radical (unpaired) electrons. The summed E-state index contributed by atoms with van der Waals surface area (Å²) in [4.78, 5) is 10.4. The van der Waals surface area contributed by atoms with Gasteiger partial charge in [-0.2, -0.15) is 16.8 Å². The molecule has 22 heteroatoms. The van der Waals surface area contributed by atoms with Gasteiger partial charge in [-0.05, 0) is 54.1 Å². The smallest absolute Gasteiger partial charge is 0.296 e. The van der Waals surface area contributed by atoms with Gasteiger partial charge >= 0.3 is 0 Å². The van der Waals surface area contributed by atoms with Gasteiger partial charge in [-0.15, -0.1) is 18.9 Å². The van der Waals surface area contributed by atoms with Gasteiger partial charge in [0.15, 0.2) is 18.1 Å². The van der Waals surface area contributed by atoms with Crippen LogP contribution in [0.4, 0.5) is 17.1 Å². The van der Waals surface area contributed by atoms with Gasteiger partial charge in [-0.1, -0.05) is 16.1 Å². The first kappa shape index (κ1) is 34.5. The van der Waals surface area contributed by atoms with Gasteiger partial charge in [0.25, 0.3) is 20.2 Å². The van der Waals surface area contributed by atoms with Crippen LogP contribution in [0.15, 0.2) is 61.3 Å². The van der Waals surface area contributed by atoms with Crippen molar-refractivity contribution in [1.82, 2.24) is 0 Å². The number of carbonyl (C=O) groups is 1. The Kier molecular flexibility index (Phi) is 12.2. The highest BCUT2D eigenvalue weighted by Gasteiger charge is 2.23. The number of hydrogen-bond acceptors (Lipinski definition) is 17. The number of aromatic hydroxyl groups is 1. The standard InChI is InChI=1S/C21H21N3O15S4/c1-11(25)22-16-10-14(42(29,30)31)8-13-9-17(40-38-36-27)20(21(26)19(13)16)24-23-15-5-4-12(7-18(15)43(32,33)34)3-2-6-35-41-39-37-28/h4-5,7-10,26-28H,2-3,6H2,1H3,(H,22,25)(H,29,30,31)(H,32,33,34)/b24-23+. The van der Waals surface area contributed by atoms with E-state index in [9.17, 15) is 35.8 Å². The molecule has 3 aromatic rings. The van der Waals surface area contributed by atoms with Crippen LogP contribution in [0.3, 0.4) is 0 Å². The fourth-order valence-corrected chi connectivity index (χ4v) is 5.58. The molecule has 0 fully saturated rings. The number of hydrogen-bond donors (Lipinski definition) is 6. The highest BCUT2D eigenvalue weighted by molar-refractivity contribution is 7.94. The number of fused-ring (bicyclic) bond motifs is 1. The number of phenols is 1. The van der Waals surface area contributed by atoms with Gasteiger partial charge in [0.05, 0.1) is 34.1 Å². The molecule has 0 heterocycles. The molecular weight excluding hydrogens is 663 g/mol. The number of nitrogens with zero attached hydrogens (tertiary/aromatic N) is 2. The first-order chi connectivity index (χ1) is 20.3. The number of anilines is 1. The van der Waals surface area contributed by atoms with Crippen molar-refractivity contribution in [3.05, 3.63) is 42.0 Å². The molecule has 1 amide bonds. The van der Waals surface area contributed by atoms with Crippen LogP contribution in [0.5, 0.6) is 5.75 Å². The summed E-state index contributed by atoms with van der Waals surface area (Å²) in [6, 6.07) is 6.86. The molecule has 0 aliphatic carbocycles. The Morgan fingerprint density at radius 3 is 2.33 bits per heavy atom. The van der Waals surface area contributed by atoms with E-state index in [4.69, 9.17) is 14.7 Å². The predicted molar refractivity (Wildman–Crippen MR) is 147 cm³/mol. The molecular formula is C21H21N3O15S4. The number of azo groups is 1. The first-order valence-corrected chi connectivity index (χ1v) is 15.6. The average molecular weight is 684 g/mol. The van der Waals surface area contributed by atoms with E-state index in [-0.39, 0.29) is 52.1 Å². The molecule has 0 unspecified atom stereocenters.